The van der Waals surface area contributed by atoms with Crippen LogP contribution in [0.2, 0.25) is 5.02 Å². The van der Waals surface area contributed by atoms with Crippen LogP contribution in [0.3, 0.4) is 0 Å². The number of allylic oxidation sites excluding steroid dienone is 1. The van der Waals surface area contributed by atoms with Crippen molar-refractivity contribution in [3.63, 3.8) is 0 Å². The van der Waals surface area contributed by atoms with Crippen LogP contribution in [0.5, 0.6) is 5.75 Å². The molecule has 0 saturated heterocycles. The van der Waals surface area contributed by atoms with Crippen molar-refractivity contribution in [3.8, 4) is 5.75 Å². The molecule has 3 rings (SSSR count). The van der Waals surface area contributed by atoms with Gasteiger partial charge in [-0.25, -0.2) is 0 Å². The minimum Gasteiger partial charge on any atom is -0.484 e. The van der Waals surface area contributed by atoms with Gasteiger partial charge in [0, 0.05) is 12.3 Å². The van der Waals surface area contributed by atoms with E-state index in [-0.39, 0.29) is 0 Å². The first kappa shape index (κ1) is 18.5. The zero-order valence-electron chi connectivity index (χ0n) is 14.6. The molecule has 0 unspecified atom stereocenters. The van der Waals surface area contributed by atoms with Crippen LogP contribution in [0.1, 0.15) is 17.0 Å². The van der Waals surface area contributed by atoms with E-state index in [9.17, 15) is 0 Å². The lowest BCUT2D eigenvalue weighted by Gasteiger charge is -2.10. The highest BCUT2D eigenvalue weighted by Gasteiger charge is 2.13. The minimum absolute atomic E-state index is 0.301. The van der Waals surface area contributed by atoms with Crippen molar-refractivity contribution in [2.24, 2.45) is 0 Å². The molecule has 3 aromatic rings. The summed E-state index contributed by atoms with van der Waals surface area (Å²) in [5.74, 6) is 2.22. The lowest BCUT2D eigenvalue weighted by Crippen LogP contribution is -2.07. The number of benzene rings is 2. The normalized spacial score (nSPS) is 10.7. The predicted octanol–water partition coefficient (Wildman–Crippen LogP) is 5.30. The van der Waals surface area contributed by atoms with Gasteiger partial charge in [-0.3, -0.25) is 4.57 Å². The van der Waals surface area contributed by atoms with E-state index < -0.39 is 0 Å². The molecule has 26 heavy (non-hydrogen) atoms. The van der Waals surface area contributed by atoms with Crippen molar-refractivity contribution in [1.82, 2.24) is 14.8 Å². The van der Waals surface area contributed by atoms with Crippen molar-refractivity contribution in [2.45, 2.75) is 31.0 Å². The van der Waals surface area contributed by atoms with E-state index in [0.29, 0.717) is 23.9 Å². The van der Waals surface area contributed by atoms with Crippen LogP contribution >= 0.6 is 23.4 Å². The summed E-state index contributed by atoms with van der Waals surface area (Å²) in [5, 5.41) is 10.0. The van der Waals surface area contributed by atoms with Gasteiger partial charge in [0.15, 0.2) is 11.0 Å². The summed E-state index contributed by atoms with van der Waals surface area (Å²) in [7, 11) is 0. The molecule has 1 heterocycles. The molecule has 0 aliphatic heterocycles. The summed E-state index contributed by atoms with van der Waals surface area (Å²) in [6, 6.07) is 15.9. The molecule has 0 aliphatic rings. The van der Waals surface area contributed by atoms with E-state index in [0.717, 1.165) is 16.7 Å². The van der Waals surface area contributed by atoms with Crippen molar-refractivity contribution in [2.75, 3.05) is 0 Å². The zero-order valence-corrected chi connectivity index (χ0v) is 16.1. The Morgan fingerprint density at radius 2 is 2.04 bits per heavy atom. The lowest BCUT2D eigenvalue weighted by atomic mass is 10.2. The maximum absolute atomic E-state index is 6.14. The Morgan fingerprint density at radius 1 is 1.19 bits per heavy atom. The Kier molecular flexibility index (Phi) is 6.36. The molecule has 0 radical (unpaired) electrons. The van der Waals surface area contributed by atoms with Crippen LogP contribution in [0.4, 0.5) is 0 Å². The van der Waals surface area contributed by atoms with Crippen LogP contribution in [-0.4, -0.2) is 14.8 Å². The molecule has 0 saturated carbocycles. The molecular formula is C20H20ClN3OS. The topological polar surface area (TPSA) is 39.9 Å². The van der Waals surface area contributed by atoms with E-state index >= 15 is 0 Å². The van der Waals surface area contributed by atoms with Crippen molar-refractivity contribution >= 4 is 23.4 Å². The largest absolute Gasteiger partial charge is 0.484 e. The third-order valence-electron chi connectivity index (χ3n) is 3.75. The summed E-state index contributed by atoms with van der Waals surface area (Å²) in [6.45, 7) is 6.86. The summed E-state index contributed by atoms with van der Waals surface area (Å²) >= 11 is 7.79. The SMILES string of the molecule is C=CCn1c(COc2ccccc2Cl)nnc1SCc1cccc(C)c1. The van der Waals surface area contributed by atoms with Crippen molar-refractivity contribution in [1.29, 1.82) is 0 Å². The van der Waals surface area contributed by atoms with Crippen LogP contribution in [0.15, 0.2) is 66.3 Å². The van der Waals surface area contributed by atoms with Gasteiger partial charge in [-0.1, -0.05) is 71.4 Å². The Balaban J connectivity index is 1.71. The number of halogens is 1. The van der Waals surface area contributed by atoms with Gasteiger partial charge in [-0.05, 0) is 24.6 Å². The Bertz CT molecular complexity index is 894. The van der Waals surface area contributed by atoms with E-state index in [4.69, 9.17) is 16.3 Å². The molecule has 0 aliphatic carbocycles. The molecule has 0 amide bonds. The highest BCUT2D eigenvalue weighted by molar-refractivity contribution is 7.98. The summed E-state index contributed by atoms with van der Waals surface area (Å²) in [6.07, 6.45) is 1.83. The second-order valence-electron chi connectivity index (χ2n) is 5.79. The Morgan fingerprint density at radius 3 is 2.81 bits per heavy atom. The number of para-hydroxylation sites is 1. The van der Waals surface area contributed by atoms with Crippen molar-refractivity contribution in [3.05, 3.63) is 83.2 Å². The second-order valence-corrected chi connectivity index (χ2v) is 7.14. The van der Waals surface area contributed by atoms with E-state index in [1.54, 1.807) is 17.8 Å². The van der Waals surface area contributed by atoms with Crippen LogP contribution in [-0.2, 0) is 18.9 Å². The molecule has 6 heteroatoms. The summed E-state index contributed by atoms with van der Waals surface area (Å²) in [4.78, 5) is 0. The van der Waals surface area contributed by atoms with Gasteiger partial charge >= 0.3 is 0 Å². The maximum Gasteiger partial charge on any atom is 0.191 e. The number of hydrogen-bond donors (Lipinski definition) is 0. The quantitative estimate of drug-likeness (QED) is 0.390. The maximum atomic E-state index is 6.14. The van der Waals surface area contributed by atoms with Crippen LogP contribution < -0.4 is 4.74 Å². The fourth-order valence-corrected chi connectivity index (χ4v) is 3.60. The third-order valence-corrected chi connectivity index (χ3v) is 5.10. The first-order valence-corrected chi connectivity index (χ1v) is 9.62. The fourth-order valence-electron chi connectivity index (χ4n) is 2.50. The summed E-state index contributed by atoms with van der Waals surface area (Å²) < 4.78 is 7.82. The number of aromatic nitrogens is 3. The average Bonchev–Trinajstić information content (AvgIpc) is 3.02. The van der Waals surface area contributed by atoms with E-state index in [1.165, 1.54) is 11.1 Å². The van der Waals surface area contributed by atoms with Gasteiger partial charge in [0.1, 0.15) is 12.4 Å². The van der Waals surface area contributed by atoms with Gasteiger partial charge < -0.3 is 4.74 Å². The average molecular weight is 386 g/mol. The highest BCUT2D eigenvalue weighted by Crippen LogP contribution is 2.26. The van der Waals surface area contributed by atoms with Gasteiger partial charge in [-0.2, -0.15) is 0 Å². The molecule has 2 aromatic carbocycles. The Labute approximate surface area is 162 Å². The molecule has 0 spiro atoms. The smallest absolute Gasteiger partial charge is 0.191 e. The number of ether oxygens (including phenoxy) is 1. The van der Waals surface area contributed by atoms with Crippen LogP contribution in [0, 0.1) is 6.92 Å². The number of aryl methyl sites for hydroxylation is 1. The van der Waals surface area contributed by atoms with Gasteiger partial charge in [-0.15, -0.1) is 16.8 Å². The first-order valence-electron chi connectivity index (χ1n) is 8.26. The number of rotatable bonds is 8. The standard InChI is InChI=1S/C20H20ClN3OS/c1-3-11-24-19(13-25-18-10-5-4-9-17(18)21)22-23-20(24)26-14-16-8-6-7-15(2)12-16/h3-10,12H,1,11,13-14H2,2H3. The predicted molar refractivity (Wildman–Crippen MR) is 107 cm³/mol. The van der Waals surface area contributed by atoms with E-state index in [2.05, 4.69) is 48.0 Å². The molecule has 0 bridgehead atoms. The monoisotopic (exact) mass is 385 g/mol. The van der Waals surface area contributed by atoms with Crippen LogP contribution in [0.25, 0.3) is 0 Å². The molecular weight excluding hydrogens is 366 g/mol. The summed E-state index contributed by atoms with van der Waals surface area (Å²) in [5.41, 5.74) is 2.52. The van der Waals surface area contributed by atoms with Gasteiger partial charge in [0.25, 0.3) is 0 Å². The molecule has 0 fully saturated rings. The van der Waals surface area contributed by atoms with E-state index in [1.807, 2.05) is 28.8 Å². The third kappa shape index (κ3) is 4.68. The number of nitrogens with zero attached hydrogens (tertiary/aromatic N) is 3. The molecule has 1 aromatic heterocycles. The molecule has 134 valence electrons. The number of hydrogen-bond acceptors (Lipinski definition) is 4. The second kappa shape index (κ2) is 8.92. The molecule has 0 atom stereocenters. The minimum atomic E-state index is 0.301. The van der Waals surface area contributed by atoms with Gasteiger partial charge in [0.2, 0.25) is 0 Å². The highest BCUT2D eigenvalue weighted by atomic mass is 35.5. The molecule has 0 N–H and O–H groups in total. The molecule has 4 nitrogen and oxygen atoms in total. The Hall–Kier alpha value is -2.24. The number of thioether (sulfide) groups is 1. The van der Waals surface area contributed by atoms with Crippen molar-refractivity contribution < 1.29 is 4.74 Å². The van der Waals surface area contributed by atoms with Gasteiger partial charge in [0.05, 0.1) is 5.02 Å². The zero-order chi connectivity index (χ0) is 18.4. The lowest BCUT2D eigenvalue weighted by molar-refractivity contribution is 0.289. The fraction of sp³-hybridized carbons (Fsp3) is 0.200. The first-order chi connectivity index (χ1) is 12.7.